The van der Waals surface area contributed by atoms with Crippen molar-refractivity contribution < 1.29 is 22.7 Å². The minimum absolute atomic E-state index is 0.00479. The molecule has 8 nitrogen and oxygen atoms in total. The van der Waals surface area contributed by atoms with Crippen LogP contribution in [0.4, 0.5) is 35.2 Å². The number of nitrogens with one attached hydrogen (secondary N) is 1. The van der Waals surface area contributed by atoms with E-state index in [9.17, 15) is 18.0 Å². The van der Waals surface area contributed by atoms with Gasteiger partial charge < -0.3 is 10.1 Å². The standard InChI is InChI=1S/C19H19F3N6O2/c1-18(2,3)30-17(29)27-9-8-11-10-12(4-5-13(11)27)23-14-6-7-15-24-25-16(19(20,21)22)28(15)26-14/h4-7,10H,8-9H2,1-3H3,(H,23,26). The number of hydrogen-bond acceptors (Lipinski definition) is 6. The molecule has 0 bridgehead atoms. The molecule has 3 aromatic rings. The highest BCUT2D eigenvalue weighted by molar-refractivity contribution is 5.91. The van der Waals surface area contributed by atoms with Crippen LogP contribution in [0.3, 0.4) is 0 Å². The lowest BCUT2D eigenvalue weighted by Gasteiger charge is -2.24. The molecule has 1 amide bonds. The van der Waals surface area contributed by atoms with Gasteiger partial charge in [-0.1, -0.05) is 0 Å². The maximum atomic E-state index is 13.0. The van der Waals surface area contributed by atoms with Crippen molar-refractivity contribution in [1.29, 1.82) is 0 Å². The second kappa shape index (κ2) is 6.85. The quantitative estimate of drug-likeness (QED) is 0.670. The van der Waals surface area contributed by atoms with Crippen LogP contribution >= 0.6 is 0 Å². The van der Waals surface area contributed by atoms with Gasteiger partial charge in [-0.2, -0.15) is 17.7 Å². The second-order valence-electron chi connectivity index (χ2n) is 7.86. The van der Waals surface area contributed by atoms with E-state index in [0.717, 1.165) is 11.3 Å². The van der Waals surface area contributed by atoms with Crippen LogP contribution in [0.5, 0.6) is 0 Å². The van der Waals surface area contributed by atoms with Crippen molar-refractivity contribution >= 4 is 28.9 Å². The molecule has 11 heteroatoms. The Morgan fingerprint density at radius 2 is 1.90 bits per heavy atom. The topological polar surface area (TPSA) is 84.6 Å². The molecule has 4 rings (SSSR count). The Kier molecular flexibility index (Phi) is 4.55. The average molecular weight is 420 g/mol. The number of amides is 1. The molecule has 0 saturated heterocycles. The highest BCUT2D eigenvalue weighted by Gasteiger charge is 2.37. The zero-order valence-corrected chi connectivity index (χ0v) is 16.5. The molecule has 1 aliphatic heterocycles. The number of nitrogens with zero attached hydrogens (tertiary/aromatic N) is 5. The highest BCUT2D eigenvalue weighted by Crippen LogP contribution is 2.33. The van der Waals surface area contributed by atoms with Gasteiger partial charge in [0.15, 0.2) is 11.5 Å². The molecule has 0 aliphatic carbocycles. The summed E-state index contributed by atoms with van der Waals surface area (Å²) in [4.78, 5) is 14.0. The third-order valence-corrected chi connectivity index (χ3v) is 4.38. The Labute approximate surface area is 169 Å². The van der Waals surface area contributed by atoms with Gasteiger partial charge in [-0.3, -0.25) is 4.90 Å². The number of carbonyl (C=O) groups excluding carboxylic acids is 1. The third-order valence-electron chi connectivity index (χ3n) is 4.38. The Bertz CT molecular complexity index is 1120. The Hall–Kier alpha value is -3.37. The lowest BCUT2D eigenvalue weighted by molar-refractivity contribution is -0.146. The zero-order valence-electron chi connectivity index (χ0n) is 16.5. The maximum absolute atomic E-state index is 13.0. The largest absolute Gasteiger partial charge is 0.453 e. The average Bonchev–Trinajstić information content (AvgIpc) is 3.23. The van der Waals surface area contributed by atoms with Crippen LogP contribution in [-0.2, 0) is 17.3 Å². The van der Waals surface area contributed by atoms with Crippen molar-refractivity contribution in [2.75, 3.05) is 16.8 Å². The normalized spacial score (nSPS) is 14.1. The number of fused-ring (bicyclic) bond motifs is 2. The van der Waals surface area contributed by atoms with Crippen molar-refractivity contribution in [2.24, 2.45) is 0 Å². The van der Waals surface area contributed by atoms with Crippen LogP contribution in [-0.4, -0.2) is 38.1 Å². The molecule has 1 aliphatic rings. The summed E-state index contributed by atoms with van der Waals surface area (Å²) in [6, 6.07) is 8.25. The van der Waals surface area contributed by atoms with Crippen molar-refractivity contribution in [2.45, 2.75) is 39.0 Å². The third kappa shape index (κ3) is 3.87. The fraction of sp³-hybridized carbons (Fsp3) is 0.368. The second-order valence-corrected chi connectivity index (χ2v) is 7.86. The van der Waals surface area contributed by atoms with Crippen LogP contribution in [0, 0.1) is 0 Å². The van der Waals surface area contributed by atoms with Crippen LogP contribution in [0.15, 0.2) is 30.3 Å². The Morgan fingerprint density at radius 3 is 2.60 bits per heavy atom. The van der Waals surface area contributed by atoms with E-state index in [0.29, 0.717) is 23.2 Å². The molecule has 30 heavy (non-hydrogen) atoms. The molecule has 158 valence electrons. The van der Waals surface area contributed by atoms with E-state index in [-0.39, 0.29) is 11.5 Å². The summed E-state index contributed by atoms with van der Waals surface area (Å²) >= 11 is 0. The van der Waals surface area contributed by atoms with Gasteiger partial charge in [-0.15, -0.1) is 15.3 Å². The SMILES string of the molecule is CC(C)(C)OC(=O)N1CCc2cc(Nc3ccc4nnc(C(F)(F)F)n4n3)ccc21. The monoisotopic (exact) mass is 420 g/mol. The number of ether oxygens (including phenoxy) is 1. The first-order chi connectivity index (χ1) is 14.0. The van der Waals surface area contributed by atoms with Crippen LogP contribution in [0.2, 0.25) is 0 Å². The molecule has 1 N–H and O–H groups in total. The number of hydrogen-bond donors (Lipinski definition) is 1. The molecule has 0 atom stereocenters. The first-order valence-electron chi connectivity index (χ1n) is 9.21. The molecule has 3 heterocycles. The predicted octanol–water partition coefficient (Wildman–Crippen LogP) is 4.18. The van der Waals surface area contributed by atoms with E-state index in [1.807, 2.05) is 6.07 Å². The van der Waals surface area contributed by atoms with Gasteiger partial charge in [0.05, 0.1) is 5.69 Å². The first-order valence-corrected chi connectivity index (χ1v) is 9.21. The highest BCUT2D eigenvalue weighted by atomic mass is 19.4. The number of anilines is 3. The minimum Gasteiger partial charge on any atom is -0.443 e. The first kappa shape index (κ1) is 19.9. The molecule has 0 spiro atoms. The maximum Gasteiger partial charge on any atom is 0.453 e. The predicted molar refractivity (Wildman–Crippen MR) is 103 cm³/mol. The summed E-state index contributed by atoms with van der Waals surface area (Å²) in [6.07, 6.45) is -4.44. The summed E-state index contributed by atoms with van der Waals surface area (Å²) in [5.41, 5.74) is 1.70. The Balaban J connectivity index is 1.57. The van der Waals surface area contributed by atoms with Crippen LogP contribution in [0.25, 0.3) is 5.65 Å². The number of alkyl halides is 3. The van der Waals surface area contributed by atoms with Crippen molar-refractivity contribution in [1.82, 2.24) is 19.8 Å². The Morgan fingerprint density at radius 1 is 1.13 bits per heavy atom. The molecule has 0 fully saturated rings. The minimum atomic E-state index is -4.66. The molecular formula is C19H19F3N6O2. The van der Waals surface area contributed by atoms with Gasteiger partial charge in [0.25, 0.3) is 5.82 Å². The van der Waals surface area contributed by atoms with Gasteiger partial charge in [0, 0.05) is 12.2 Å². The van der Waals surface area contributed by atoms with Crippen LogP contribution < -0.4 is 10.2 Å². The number of aromatic nitrogens is 4. The molecule has 2 aromatic heterocycles. The fourth-order valence-corrected chi connectivity index (χ4v) is 3.17. The fourth-order valence-electron chi connectivity index (χ4n) is 3.17. The summed E-state index contributed by atoms with van der Waals surface area (Å²) < 4.78 is 45.2. The number of carbonyl (C=O) groups is 1. The molecular weight excluding hydrogens is 401 g/mol. The zero-order chi connectivity index (χ0) is 21.7. The van der Waals surface area contributed by atoms with Gasteiger partial charge in [0.1, 0.15) is 5.60 Å². The number of benzene rings is 1. The van der Waals surface area contributed by atoms with Gasteiger partial charge in [-0.25, -0.2) is 4.79 Å². The van der Waals surface area contributed by atoms with E-state index < -0.39 is 23.7 Å². The summed E-state index contributed by atoms with van der Waals surface area (Å²) in [5.74, 6) is -0.988. The van der Waals surface area contributed by atoms with E-state index in [2.05, 4.69) is 20.6 Å². The summed E-state index contributed by atoms with van der Waals surface area (Å²) in [7, 11) is 0. The number of halogens is 3. The molecule has 0 saturated carbocycles. The number of rotatable bonds is 2. The van der Waals surface area contributed by atoms with E-state index in [4.69, 9.17) is 4.74 Å². The van der Waals surface area contributed by atoms with E-state index >= 15 is 0 Å². The van der Waals surface area contributed by atoms with Crippen molar-refractivity contribution in [3.05, 3.63) is 41.7 Å². The summed E-state index contributed by atoms with van der Waals surface area (Å²) in [5, 5.41) is 13.6. The molecule has 0 radical (unpaired) electrons. The van der Waals surface area contributed by atoms with Crippen molar-refractivity contribution in [3.8, 4) is 0 Å². The van der Waals surface area contributed by atoms with E-state index in [1.54, 1.807) is 37.8 Å². The van der Waals surface area contributed by atoms with Gasteiger partial charge in [-0.05, 0) is 63.1 Å². The smallest absolute Gasteiger partial charge is 0.443 e. The molecule has 1 aromatic carbocycles. The lowest BCUT2D eigenvalue weighted by atomic mass is 10.1. The van der Waals surface area contributed by atoms with Crippen LogP contribution in [0.1, 0.15) is 32.2 Å². The van der Waals surface area contributed by atoms with Crippen molar-refractivity contribution in [3.63, 3.8) is 0 Å². The van der Waals surface area contributed by atoms with E-state index in [1.165, 1.54) is 12.1 Å². The molecule has 0 unspecified atom stereocenters. The van der Waals surface area contributed by atoms with Gasteiger partial charge >= 0.3 is 12.3 Å². The summed E-state index contributed by atoms with van der Waals surface area (Å²) in [6.45, 7) is 5.91. The lowest BCUT2D eigenvalue weighted by Crippen LogP contribution is -2.35. The van der Waals surface area contributed by atoms with Gasteiger partial charge in [0.2, 0.25) is 0 Å².